The predicted molar refractivity (Wildman–Crippen MR) is 95.4 cm³/mol. The molecule has 0 fully saturated rings. The molecular formula is C17H19ClN4O2. The van der Waals surface area contributed by atoms with Gasteiger partial charge in [0, 0.05) is 6.54 Å². The lowest BCUT2D eigenvalue weighted by atomic mass is 10.1. The topological polar surface area (TPSA) is 72.2 Å². The van der Waals surface area contributed by atoms with Crippen molar-refractivity contribution >= 4 is 28.3 Å². The Labute approximate surface area is 145 Å². The van der Waals surface area contributed by atoms with Gasteiger partial charge in [-0.05, 0) is 36.8 Å². The summed E-state index contributed by atoms with van der Waals surface area (Å²) >= 11 is 5.65. The molecule has 24 heavy (non-hydrogen) atoms. The number of ether oxygens (including phenoxy) is 1. The molecule has 0 saturated heterocycles. The number of rotatable bonds is 6. The summed E-state index contributed by atoms with van der Waals surface area (Å²) in [6.07, 6.45) is -0.634. The number of nitrogens with zero attached hydrogens (tertiary/aromatic N) is 3. The van der Waals surface area contributed by atoms with E-state index in [-0.39, 0.29) is 5.88 Å². The zero-order chi connectivity index (χ0) is 17.1. The number of aromatic nitrogens is 3. The van der Waals surface area contributed by atoms with E-state index in [4.69, 9.17) is 16.3 Å². The Morgan fingerprint density at radius 2 is 1.92 bits per heavy atom. The summed E-state index contributed by atoms with van der Waals surface area (Å²) in [6, 6.07) is 11.6. The fourth-order valence-electron chi connectivity index (χ4n) is 2.50. The van der Waals surface area contributed by atoms with Gasteiger partial charge in [0.1, 0.15) is 16.7 Å². The molecule has 0 aliphatic heterocycles. The third kappa shape index (κ3) is 3.29. The number of nitrogens with one attached hydrogen (secondary N) is 1. The Morgan fingerprint density at radius 3 is 2.50 bits per heavy atom. The van der Waals surface area contributed by atoms with E-state index < -0.39 is 6.10 Å². The molecule has 0 spiro atoms. The average Bonchev–Trinajstić information content (AvgIpc) is 3.03. The molecule has 0 radical (unpaired) electrons. The van der Waals surface area contributed by atoms with Gasteiger partial charge in [-0.2, -0.15) is 0 Å². The predicted octanol–water partition coefficient (Wildman–Crippen LogP) is 2.75. The lowest BCUT2D eigenvalue weighted by Gasteiger charge is -2.17. The average molecular weight is 347 g/mol. The highest BCUT2D eigenvalue weighted by Crippen LogP contribution is 2.33. The number of aliphatic hydroxyl groups excluding tert-OH is 1. The molecule has 0 amide bonds. The summed E-state index contributed by atoms with van der Waals surface area (Å²) in [4.78, 5) is 1.57. The van der Waals surface area contributed by atoms with Crippen molar-refractivity contribution in [1.82, 2.24) is 15.0 Å². The molecule has 1 atom stereocenters. The monoisotopic (exact) mass is 346 g/mol. The van der Waals surface area contributed by atoms with Gasteiger partial charge >= 0.3 is 0 Å². The van der Waals surface area contributed by atoms with E-state index in [0.717, 1.165) is 28.0 Å². The van der Waals surface area contributed by atoms with Crippen LogP contribution >= 0.6 is 11.6 Å². The summed E-state index contributed by atoms with van der Waals surface area (Å²) in [6.45, 7) is 2.31. The number of fused-ring (bicyclic) bond motifs is 1. The van der Waals surface area contributed by atoms with E-state index >= 15 is 0 Å². The molecule has 1 unspecified atom stereocenters. The van der Waals surface area contributed by atoms with Crippen LogP contribution in [-0.2, 0) is 0 Å². The molecule has 0 bridgehead atoms. The molecule has 2 aromatic carbocycles. The van der Waals surface area contributed by atoms with Gasteiger partial charge in [-0.15, -0.1) is 26.6 Å². The quantitative estimate of drug-likeness (QED) is 0.671. The SMILES string of the molecule is COc1c(NCC(O)CCl)cc(C)cc1-n1nc2ccccc2n1. The highest BCUT2D eigenvalue weighted by molar-refractivity contribution is 6.18. The first-order chi connectivity index (χ1) is 11.6. The molecule has 3 rings (SSSR count). The first-order valence-corrected chi connectivity index (χ1v) is 8.15. The van der Waals surface area contributed by atoms with Crippen molar-refractivity contribution in [3.05, 3.63) is 42.0 Å². The molecule has 0 saturated carbocycles. The summed E-state index contributed by atoms with van der Waals surface area (Å²) in [5.41, 5.74) is 4.14. The minimum absolute atomic E-state index is 0.167. The van der Waals surface area contributed by atoms with Crippen LogP contribution in [0.1, 0.15) is 5.56 Å². The summed E-state index contributed by atoms with van der Waals surface area (Å²) in [5.74, 6) is 0.780. The minimum atomic E-state index is -0.634. The molecule has 126 valence electrons. The van der Waals surface area contributed by atoms with E-state index in [9.17, 15) is 5.11 Å². The standard InChI is InChI=1S/C17H19ClN4O2/c1-11-7-15(19-10-12(23)9-18)17(24-2)16(8-11)22-20-13-5-3-4-6-14(13)21-22/h3-8,12,19,23H,9-10H2,1-2H3. The number of hydrogen-bond donors (Lipinski definition) is 2. The highest BCUT2D eigenvalue weighted by atomic mass is 35.5. The second kappa shape index (κ2) is 7.07. The van der Waals surface area contributed by atoms with Crippen LogP contribution in [-0.4, -0.2) is 45.7 Å². The van der Waals surface area contributed by atoms with Crippen LogP contribution < -0.4 is 10.1 Å². The summed E-state index contributed by atoms with van der Waals surface area (Å²) in [7, 11) is 1.60. The van der Waals surface area contributed by atoms with Crippen molar-refractivity contribution in [2.24, 2.45) is 0 Å². The van der Waals surface area contributed by atoms with Crippen molar-refractivity contribution in [1.29, 1.82) is 0 Å². The number of aryl methyl sites for hydroxylation is 1. The molecule has 1 aromatic heterocycles. The van der Waals surface area contributed by atoms with E-state index in [2.05, 4.69) is 15.5 Å². The smallest absolute Gasteiger partial charge is 0.169 e. The van der Waals surface area contributed by atoms with Gasteiger partial charge in [0.15, 0.2) is 5.75 Å². The van der Waals surface area contributed by atoms with E-state index in [1.807, 2.05) is 43.3 Å². The first-order valence-electron chi connectivity index (χ1n) is 7.61. The van der Waals surface area contributed by atoms with Crippen molar-refractivity contribution in [2.45, 2.75) is 13.0 Å². The number of aliphatic hydroxyl groups is 1. The van der Waals surface area contributed by atoms with Crippen LogP contribution in [0.3, 0.4) is 0 Å². The fourth-order valence-corrected chi connectivity index (χ4v) is 2.61. The maximum absolute atomic E-state index is 9.67. The van der Waals surface area contributed by atoms with Crippen LogP contribution in [0.4, 0.5) is 5.69 Å². The van der Waals surface area contributed by atoms with Crippen LogP contribution in [0.25, 0.3) is 16.7 Å². The number of alkyl halides is 1. The van der Waals surface area contributed by atoms with Crippen molar-refractivity contribution < 1.29 is 9.84 Å². The Hall–Kier alpha value is -2.31. The molecule has 3 aromatic rings. The maximum Gasteiger partial charge on any atom is 0.169 e. The van der Waals surface area contributed by atoms with Crippen LogP contribution in [0, 0.1) is 6.92 Å². The highest BCUT2D eigenvalue weighted by Gasteiger charge is 2.15. The Balaban J connectivity index is 2.04. The number of benzene rings is 2. The second-order valence-corrected chi connectivity index (χ2v) is 5.84. The second-order valence-electron chi connectivity index (χ2n) is 5.53. The third-order valence-corrected chi connectivity index (χ3v) is 3.98. The van der Waals surface area contributed by atoms with E-state index in [0.29, 0.717) is 12.3 Å². The molecule has 7 heteroatoms. The molecule has 0 aliphatic carbocycles. The number of anilines is 1. The minimum Gasteiger partial charge on any atom is -0.492 e. The lowest BCUT2D eigenvalue weighted by Crippen LogP contribution is -2.21. The van der Waals surface area contributed by atoms with Gasteiger partial charge < -0.3 is 15.2 Å². The van der Waals surface area contributed by atoms with Gasteiger partial charge in [-0.1, -0.05) is 12.1 Å². The molecular weight excluding hydrogens is 328 g/mol. The van der Waals surface area contributed by atoms with Gasteiger partial charge in [0.05, 0.1) is 24.8 Å². The third-order valence-electron chi connectivity index (χ3n) is 3.63. The number of hydrogen-bond acceptors (Lipinski definition) is 5. The zero-order valence-corrected chi connectivity index (χ0v) is 14.3. The lowest BCUT2D eigenvalue weighted by molar-refractivity contribution is 0.211. The summed E-state index contributed by atoms with van der Waals surface area (Å²) < 4.78 is 5.57. The number of halogens is 1. The van der Waals surface area contributed by atoms with Gasteiger partial charge in [-0.3, -0.25) is 0 Å². The largest absolute Gasteiger partial charge is 0.492 e. The maximum atomic E-state index is 9.67. The normalized spacial score (nSPS) is 12.3. The van der Waals surface area contributed by atoms with Crippen LogP contribution in [0.15, 0.2) is 36.4 Å². The Morgan fingerprint density at radius 1 is 1.25 bits per heavy atom. The van der Waals surface area contributed by atoms with Gasteiger partial charge in [0.2, 0.25) is 0 Å². The van der Waals surface area contributed by atoms with Crippen molar-refractivity contribution in [3.8, 4) is 11.4 Å². The molecule has 6 nitrogen and oxygen atoms in total. The van der Waals surface area contributed by atoms with E-state index in [1.165, 1.54) is 0 Å². The Bertz CT molecular complexity index is 817. The van der Waals surface area contributed by atoms with Crippen LogP contribution in [0.5, 0.6) is 5.75 Å². The fraction of sp³-hybridized carbons (Fsp3) is 0.294. The summed E-state index contributed by atoms with van der Waals surface area (Å²) in [5, 5.41) is 21.9. The van der Waals surface area contributed by atoms with Crippen molar-refractivity contribution in [3.63, 3.8) is 0 Å². The number of methoxy groups -OCH3 is 1. The Kier molecular flexibility index (Phi) is 4.87. The zero-order valence-electron chi connectivity index (χ0n) is 13.5. The molecule has 2 N–H and O–H groups in total. The first kappa shape index (κ1) is 16.5. The van der Waals surface area contributed by atoms with Crippen molar-refractivity contribution in [2.75, 3.05) is 24.9 Å². The molecule has 0 aliphatic rings. The van der Waals surface area contributed by atoms with Crippen LogP contribution in [0.2, 0.25) is 0 Å². The van der Waals surface area contributed by atoms with E-state index in [1.54, 1.807) is 11.9 Å². The molecule has 1 heterocycles. The van der Waals surface area contributed by atoms with Gasteiger partial charge in [-0.25, -0.2) is 0 Å². The van der Waals surface area contributed by atoms with Gasteiger partial charge in [0.25, 0.3) is 0 Å².